The Morgan fingerprint density at radius 3 is 2.82 bits per heavy atom. The zero-order valence-electron chi connectivity index (χ0n) is 10.3. The topological polar surface area (TPSA) is 41.6 Å². The third-order valence-electron chi connectivity index (χ3n) is 2.67. The number of aromatic nitrogens is 3. The molecule has 0 aromatic carbocycles. The molecule has 0 amide bonds. The molecule has 2 aromatic heterocycles. The molecule has 0 saturated carbocycles. The minimum absolute atomic E-state index is 0.846. The van der Waals surface area contributed by atoms with Crippen molar-refractivity contribution in [3.63, 3.8) is 0 Å². The Hall–Kier alpha value is -1.90. The number of allylic oxidation sites excluding steroid dienone is 1. The van der Waals surface area contributed by atoms with Crippen LogP contribution in [0.15, 0.2) is 30.7 Å². The number of rotatable bonds is 1. The number of hydrogen-bond donors (Lipinski definition) is 1. The van der Waals surface area contributed by atoms with E-state index in [-0.39, 0.29) is 0 Å². The fraction of sp³-hybridized carbons (Fsp3) is 0.286. The number of fused-ring (bicyclic) bond motifs is 1. The van der Waals surface area contributed by atoms with Gasteiger partial charge < -0.3 is 4.98 Å². The summed E-state index contributed by atoms with van der Waals surface area (Å²) in [6, 6.07) is 2.09. The van der Waals surface area contributed by atoms with E-state index in [1.165, 1.54) is 11.1 Å². The maximum atomic E-state index is 4.39. The fourth-order valence-electron chi connectivity index (χ4n) is 1.94. The van der Waals surface area contributed by atoms with Crippen LogP contribution in [0.1, 0.15) is 31.4 Å². The number of nitrogens with one attached hydrogen (secondary N) is 1. The molecule has 1 aliphatic rings. The molecule has 0 spiro atoms. The SMILES string of the molecule is C1=Cc2c(ccnc2-c2ncc[nH]2)CC1.CC. The second-order valence-electron chi connectivity index (χ2n) is 3.61. The predicted molar refractivity (Wildman–Crippen MR) is 70.5 cm³/mol. The molecule has 1 N–H and O–H groups in total. The van der Waals surface area contributed by atoms with Gasteiger partial charge in [-0.25, -0.2) is 4.98 Å². The molecule has 1 aliphatic carbocycles. The molecular weight excluding hydrogens is 210 g/mol. The van der Waals surface area contributed by atoms with Crippen LogP contribution >= 0.6 is 0 Å². The van der Waals surface area contributed by atoms with Crippen LogP contribution in [0.4, 0.5) is 0 Å². The summed E-state index contributed by atoms with van der Waals surface area (Å²) in [7, 11) is 0. The van der Waals surface area contributed by atoms with E-state index < -0.39 is 0 Å². The fourth-order valence-corrected chi connectivity index (χ4v) is 1.94. The first kappa shape index (κ1) is 11.6. The Morgan fingerprint density at radius 2 is 2.06 bits per heavy atom. The lowest BCUT2D eigenvalue weighted by Gasteiger charge is -2.12. The van der Waals surface area contributed by atoms with Gasteiger partial charge in [-0.2, -0.15) is 0 Å². The first-order valence-electron chi connectivity index (χ1n) is 6.09. The first-order valence-corrected chi connectivity index (χ1v) is 6.09. The van der Waals surface area contributed by atoms with Gasteiger partial charge in [0.25, 0.3) is 0 Å². The summed E-state index contributed by atoms with van der Waals surface area (Å²) < 4.78 is 0. The number of aromatic amines is 1. The highest BCUT2D eigenvalue weighted by atomic mass is 14.9. The minimum atomic E-state index is 0.846. The average Bonchev–Trinajstić information content (AvgIpc) is 2.94. The van der Waals surface area contributed by atoms with E-state index >= 15 is 0 Å². The van der Waals surface area contributed by atoms with Gasteiger partial charge in [0.15, 0.2) is 5.82 Å². The van der Waals surface area contributed by atoms with Gasteiger partial charge in [-0.1, -0.05) is 26.0 Å². The van der Waals surface area contributed by atoms with Crippen LogP contribution in [0.5, 0.6) is 0 Å². The lowest BCUT2D eigenvalue weighted by atomic mass is 9.96. The van der Waals surface area contributed by atoms with E-state index in [1.807, 2.05) is 26.2 Å². The Labute approximate surface area is 102 Å². The van der Waals surface area contributed by atoms with Gasteiger partial charge in [-0.3, -0.25) is 4.98 Å². The number of pyridine rings is 1. The summed E-state index contributed by atoms with van der Waals surface area (Å²) in [5.74, 6) is 0.846. The van der Waals surface area contributed by atoms with Gasteiger partial charge in [0.05, 0.1) is 0 Å². The van der Waals surface area contributed by atoms with Crippen molar-refractivity contribution in [2.45, 2.75) is 26.7 Å². The van der Waals surface area contributed by atoms with Crippen molar-refractivity contribution < 1.29 is 0 Å². The van der Waals surface area contributed by atoms with E-state index in [9.17, 15) is 0 Å². The lowest BCUT2D eigenvalue weighted by Crippen LogP contribution is -1.99. The van der Waals surface area contributed by atoms with Crippen LogP contribution in [0, 0.1) is 0 Å². The molecule has 0 unspecified atom stereocenters. The van der Waals surface area contributed by atoms with E-state index in [2.05, 4.69) is 33.2 Å². The van der Waals surface area contributed by atoms with Crippen molar-refractivity contribution in [3.05, 3.63) is 41.9 Å². The monoisotopic (exact) mass is 227 g/mol. The highest BCUT2D eigenvalue weighted by Crippen LogP contribution is 2.26. The van der Waals surface area contributed by atoms with Crippen LogP contribution in [0.25, 0.3) is 17.6 Å². The predicted octanol–water partition coefficient (Wildman–Crippen LogP) is 3.46. The lowest BCUT2D eigenvalue weighted by molar-refractivity contribution is 0.976. The number of imidazole rings is 1. The van der Waals surface area contributed by atoms with Crippen LogP contribution < -0.4 is 0 Å². The van der Waals surface area contributed by atoms with Crippen molar-refractivity contribution in [1.29, 1.82) is 0 Å². The standard InChI is InChI=1S/C12H11N3.C2H6/c1-2-4-10-9(3-1)5-6-13-11(10)12-14-7-8-15-12;1-2/h2,4-8H,1,3H2,(H,14,15);1-2H3. The number of aryl methyl sites for hydroxylation is 1. The van der Waals surface area contributed by atoms with Gasteiger partial charge in [-0.15, -0.1) is 0 Å². The Kier molecular flexibility index (Phi) is 3.70. The van der Waals surface area contributed by atoms with Gasteiger partial charge in [0.1, 0.15) is 5.69 Å². The molecule has 0 bridgehead atoms. The molecule has 88 valence electrons. The van der Waals surface area contributed by atoms with Crippen LogP contribution in [-0.2, 0) is 6.42 Å². The Balaban J connectivity index is 0.000000514. The first-order chi connectivity index (χ1) is 8.45. The van der Waals surface area contributed by atoms with Crippen molar-refractivity contribution in [2.24, 2.45) is 0 Å². The molecule has 17 heavy (non-hydrogen) atoms. The zero-order valence-corrected chi connectivity index (χ0v) is 10.3. The minimum Gasteiger partial charge on any atom is -0.343 e. The number of hydrogen-bond acceptors (Lipinski definition) is 2. The molecule has 2 aromatic rings. The van der Waals surface area contributed by atoms with Crippen molar-refractivity contribution >= 4 is 6.08 Å². The maximum absolute atomic E-state index is 4.39. The Morgan fingerprint density at radius 1 is 1.18 bits per heavy atom. The molecule has 3 rings (SSSR count). The van der Waals surface area contributed by atoms with Crippen LogP contribution in [-0.4, -0.2) is 15.0 Å². The van der Waals surface area contributed by atoms with Gasteiger partial charge in [-0.05, 0) is 24.5 Å². The van der Waals surface area contributed by atoms with Crippen LogP contribution in [0.2, 0.25) is 0 Å². The number of H-pyrrole nitrogens is 1. The quantitative estimate of drug-likeness (QED) is 0.810. The normalized spacial score (nSPS) is 12.6. The highest BCUT2D eigenvalue weighted by molar-refractivity contribution is 5.71. The summed E-state index contributed by atoms with van der Waals surface area (Å²) in [6.07, 6.45) is 12.0. The summed E-state index contributed by atoms with van der Waals surface area (Å²) in [4.78, 5) is 11.7. The second-order valence-corrected chi connectivity index (χ2v) is 3.61. The Bertz CT molecular complexity index is 498. The molecule has 0 atom stereocenters. The van der Waals surface area contributed by atoms with Crippen LogP contribution in [0.3, 0.4) is 0 Å². The zero-order chi connectivity index (χ0) is 12.1. The molecule has 2 heterocycles. The second kappa shape index (κ2) is 5.43. The van der Waals surface area contributed by atoms with Gasteiger partial charge in [0.2, 0.25) is 0 Å². The highest BCUT2D eigenvalue weighted by Gasteiger charge is 2.12. The van der Waals surface area contributed by atoms with Gasteiger partial charge >= 0.3 is 0 Å². The number of nitrogens with zero attached hydrogens (tertiary/aromatic N) is 2. The smallest absolute Gasteiger partial charge is 0.156 e. The van der Waals surface area contributed by atoms with E-state index in [1.54, 1.807) is 6.20 Å². The van der Waals surface area contributed by atoms with Crippen molar-refractivity contribution in [2.75, 3.05) is 0 Å². The average molecular weight is 227 g/mol. The van der Waals surface area contributed by atoms with Crippen molar-refractivity contribution in [1.82, 2.24) is 15.0 Å². The molecule has 0 saturated heterocycles. The molecule has 0 fully saturated rings. The summed E-state index contributed by atoms with van der Waals surface area (Å²) in [5.41, 5.74) is 3.52. The van der Waals surface area contributed by atoms with E-state index in [0.717, 1.165) is 24.4 Å². The van der Waals surface area contributed by atoms with E-state index in [0.29, 0.717) is 0 Å². The summed E-state index contributed by atoms with van der Waals surface area (Å²) >= 11 is 0. The van der Waals surface area contributed by atoms with Gasteiger partial charge in [0, 0.05) is 24.2 Å². The van der Waals surface area contributed by atoms with Crippen molar-refractivity contribution in [3.8, 4) is 11.5 Å². The van der Waals surface area contributed by atoms with E-state index in [4.69, 9.17) is 0 Å². The molecule has 0 radical (unpaired) electrons. The molecular formula is C14H17N3. The third-order valence-corrected chi connectivity index (χ3v) is 2.67. The molecule has 3 nitrogen and oxygen atoms in total. The third kappa shape index (κ3) is 2.28. The summed E-state index contributed by atoms with van der Waals surface area (Å²) in [5, 5.41) is 0. The largest absolute Gasteiger partial charge is 0.343 e. The molecule has 0 aliphatic heterocycles. The maximum Gasteiger partial charge on any atom is 0.156 e. The molecule has 3 heteroatoms. The summed E-state index contributed by atoms with van der Waals surface area (Å²) in [6.45, 7) is 4.00.